The highest BCUT2D eigenvalue weighted by Crippen LogP contribution is 2.33. The summed E-state index contributed by atoms with van der Waals surface area (Å²) in [6.07, 6.45) is 1.22. The van der Waals surface area contributed by atoms with Gasteiger partial charge in [-0.05, 0) is 48.7 Å². The average Bonchev–Trinajstić information content (AvgIpc) is 3.30. The zero-order valence-corrected chi connectivity index (χ0v) is 18.0. The first-order valence-electron chi connectivity index (χ1n) is 11.0. The van der Waals surface area contributed by atoms with Crippen LogP contribution in [0.25, 0.3) is 0 Å². The highest BCUT2D eigenvalue weighted by atomic mass is 19.1. The van der Waals surface area contributed by atoms with Gasteiger partial charge in [0.1, 0.15) is 5.82 Å². The lowest BCUT2D eigenvalue weighted by Gasteiger charge is -2.42. The smallest absolute Gasteiger partial charge is 0.312 e. The van der Waals surface area contributed by atoms with E-state index in [1.165, 1.54) is 17.0 Å². The molecule has 5 rings (SSSR count). The molecule has 0 bridgehead atoms. The Morgan fingerprint density at radius 1 is 0.939 bits per heavy atom. The minimum absolute atomic E-state index is 0.0847. The maximum Gasteiger partial charge on any atom is 0.312 e. The van der Waals surface area contributed by atoms with Crippen LogP contribution in [0.1, 0.15) is 28.8 Å². The van der Waals surface area contributed by atoms with Gasteiger partial charge in [-0.25, -0.2) is 4.39 Å². The van der Waals surface area contributed by atoms with Crippen LogP contribution in [0, 0.1) is 5.82 Å². The number of hydrogen-bond donors (Lipinski definition) is 0. The summed E-state index contributed by atoms with van der Waals surface area (Å²) in [4.78, 5) is 43.2. The lowest BCUT2D eigenvalue weighted by molar-refractivity contribution is -0.158. The van der Waals surface area contributed by atoms with Crippen molar-refractivity contribution >= 4 is 17.7 Å². The molecule has 2 aromatic rings. The first kappa shape index (κ1) is 21.2. The minimum Gasteiger partial charge on any atom is -0.454 e. The van der Waals surface area contributed by atoms with E-state index in [9.17, 15) is 18.8 Å². The van der Waals surface area contributed by atoms with E-state index in [0.29, 0.717) is 61.6 Å². The van der Waals surface area contributed by atoms with Crippen LogP contribution in [0.5, 0.6) is 11.5 Å². The quantitative estimate of drug-likeness (QED) is 0.662. The first-order chi connectivity index (χ1) is 16.0. The number of amides is 3. The maximum absolute atomic E-state index is 13.4. The summed E-state index contributed by atoms with van der Waals surface area (Å²) in [7, 11) is 0. The third-order valence-corrected chi connectivity index (χ3v) is 6.42. The lowest BCUT2D eigenvalue weighted by Crippen LogP contribution is -2.59. The van der Waals surface area contributed by atoms with Crippen molar-refractivity contribution in [2.75, 3.05) is 33.0 Å². The summed E-state index contributed by atoms with van der Waals surface area (Å²) < 4.78 is 24.1. The first-order valence-corrected chi connectivity index (χ1v) is 11.0. The zero-order valence-electron chi connectivity index (χ0n) is 18.0. The summed E-state index contributed by atoms with van der Waals surface area (Å²) in [5, 5.41) is 0. The van der Waals surface area contributed by atoms with Crippen LogP contribution < -0.4 is 9.47 Å². The number of benzene rings is 2. The van der Waals surface area contributed by atoms with Crippen molar-refractivity contribution < 1.29 is 28.2 Å². The Bertz CT molecular complexity index is 1100. The highest BCUT2D eigenvalue weighted by molar-refractivity contribution is 6.35. The Kier molecular flexibility index (Phi) is 5.62. The van der Waals surface area contributed by atoms with Gasteiger partial charge in [0, 0.05) is 44.3 Å². The second kappa shape index (κ2) is 8.73. The van der Waals surface area contributed by atoms with E-state index in [2.05, 4.69) is 0 Å². The number of piperazine rings is 1. The van der Waals surface area contributed by atoms with E-state index in [0.717, 1.165) is 0 Å². The third-order valence-electron chi connectivity index (χ3n) is 6.42. The number of carbonyl (C=O) groups excluding carboxylic acids is 3. The number of ether oxygens (including phenoxy) is 2. The van der Waals surface area contributed by atoms with Gasteiger partial charge in [0.15, 0.2) is 11.5 Å². The fourth-order valence-electron chi connectivity index (χ4n) is 4.64. The van der Waals surface area contributed by atoms with E-state index in [-0.39, 0.29) is 31.1 Å². The maximum atomic E-state index is 13.4. The van der Waals surface area contributed by atoms with Gasteiger partial charge in [-0.15, -0.1) is 0 Å². The minimum atomic E-state index is -0.565. The van der Waals surface area contributed by atoms with Crippen LogP contribution in [-0.4, -0.2) is 71.4 Å². The molecule has 0 saturated carbocycles. The van der Waals surface area contributed by atoms with E-state index >= 15 is 0 Å². The molecule has 2 saturated heterocycles. The van der Waals surface area contributed by atoms with Crippen molar-refractivity contribution in [2.45, 2.75) is 25.4 Å². The van der Waals surface area contributed by atoms with Gasteiger partial charge in [-0.3, -0.25) is 14.4 Å². The summed E-state index contributed by atoms with van der Waals surface area (Å²) in [5.74, 6) is -0.357. The average molecular weight is 453 g/mol. The lowest BCUT2D eigenvalue weighted by atomic mass is 10.0. The van der Waals surface area contributed by atoms with Crippen LogP contribution >= 0.6 is 0 Å². The molecule has 3 amide bonds. The molecule has 3 aliphatic rings. The Balaban J connectivity index is 1.17. The molecule has 0 unspecified atom stereocenters. The second-order valence-corrected chi connectivity index (χ2v) is 8.45. The predicted molar refractivity (Wildman–Crippen MR) is 115 cm³/mol. The van der Waals surface area contributed by atoms with Gasteiger partial charge in [0.2, 0.25) is 6.79 Å². The van der Waals surface area contributed by atoms with Crippen molar-refractivity contribution in [3.05, 3.63) is 59.4 Å². The van der Waals surface area contributed by atoms with Crippen molar-refractivity contribution in [3.8, 4) is 11.5 Å². The molecule has 3 aliphatic heterocycles. The number of carbonyl (C=O) groups is 3. The topological polar surface area (TPSA) is 79.4 Å². The van der Waals surface area contributed by atoms with Gasteiger partial charge >= 0.3 is 11.8 Å². The molecule has 0 aromatic heterocycles. The Morgan fingerprint density at radius 2 is 1.73 bits per heavy atom. The van der Waals surface area contributed by atoms with Crippen molar-refractivity contribution in [1.29, 1.82) is 0 Å². The Morgan fingerprint density at radius 3 is 2.52 bits per heavy atom. The number of nitrogens with zero attached hydrogens (tertiary/aromatic N) is 3. The fraction of sp³-hybridized carbons (Fsp3) is 0.375. The molecule has 0 N–H and O–H groups in total. The second-order valence-electron chi connectivity index (χ2n) is 8.45. The molecular formula is C24H24FN3O5. The van der Waals surface area contributed by atoms with Crippen LogP contribution in [0.3, 0.4) is 0 Å². The Labute approximate surface area is 190 Å². The molecule has 172 valence electrons. The zero-order chi connectivity index (χ0) is 22.9. The largest absolute Gasteiger partial charge is 0.454 e. The monoisotopic (exact) mass is 453 g/mol. The molecule has 33 heavy (non-hydrogen) atoms. The fourth-order valence-corrected chi connectivity index (χ4v) is 4.64. The summed E-state index contributed by atoms with van der Waals surface area (Å²) in [6.45, 7) is 2.20. The van der Waals surface area contributed by atoms with E-state index in [1.807, 2.05) is 0 Å². The third kappa shape index (κ3) is 4.22. The molecule has 0 atom stereocenters. The Hall–Kier alpha value is -3.62. The predicted octanol–water partition coefficient (Wildman–Crippen LogP) is 2.03. The number of rotatable bonds is 4. The number of halogens is 1. The van der Waals surface area contributed by atoms with Crippen LogP contribution in [0.2, 0.25) is 0 Å². The molecule has 0 radical (unpaired) electrons. The molecule has 9 heteroatoms. The molecule has 3 heterocycles. The van der Waals surface area contributed by atoms with Crippen LogP contribution in [-0.2, 0) is 16.1 Å². The standard InChI is InChI=1S/C24H24FN3O5/c25-18-3-1-2-16(12-18)14-27-10-11-28(24(31)23(27)30)19-6-8-26(9-7-19)22(29)17-4-5-20-21(13-17)33-15-32-20/h1-5,12-13,19H,6-11,14-15H2. The van der Waals surface area contributed by atoms with Crippen molar-refractivity contribution in [3.63, 3.8) is 0 Å². The summed E-state index contributed by atoms with van der Waals surface area (Å²) >= 11 is 0. The van der Waals surface area contributed by atoms with E-state index in [4.69, 9.17) is 9.47 Å². The van der Waals surface area contributed by atoms with Crippen molar-refractivity contribution in [2.24, 2.45) is 0 Å². The molecule has 0 aliphatic carbocycles. The SMILES string of the molecule is O=C1C(=O)N(C2CCN(C(=O)c3ccc4c(c3)OCO4)CC2)CCN1Cc1cccc(F)c1. The van der Waals surface area contributed by atoms with Gasteiger partial charge in [-0.2, -0.15) is 0 Å². The number of fused-ring (bicyclic) bond motifs is 1. The van der Waals surface area contributed by atoms with Gasteiger partial charge in [0.25, 0.3) is 5.91 Å². The number of hydrogen-bond acceptors (Lipinski definition) is 5. The normalized spacial score (nSPS) is 18.8. The molecule has 8 nitrogen and oxygen atoms in total. The van der Waals surface area contributed by atoms with E-state index in [1.54, 1.807) is 40.1 Å². The highest BCUT2D eigenvalue weighted by Gasteiger charge is 2.38. The molecule has 2 aromatic carbocycles. The van der Waals surface area contributed by atoms with Gasteiger partial charge in [0.05, 0.1) is 0 Å². The van der Waals surface area contributed by atoms with E-state index < -0.39 is 11.8 Å². The van der Waals surface area contributed by atoms with Gasteiger partial charge < -0.3 is 24.2 Å². The number of likely N-dealkylation sites (tertiary alicyclic amines) is 1. The number of piperidine rings is 1. The molecular weight excluding hydrogens is 429 g/mol. The van der Waals surface area contributed by atoms with Crippen LogP contribution in [0.4, 0.5) is 4.39 Å². The molecule has 0 spiro atoms. The van der Waals surface area contributed by atoms with Crippen molar-refractivity contribution in [1.82, 2.24) is 14.7 Å². The summed E-state index contributed by atoms with van der Waals surface area (Å²) in [5.41, 5.74) is 1.19. The molecule has 2 fully saturated rings. The van der Waals surface area contributed by atoms with Gasteiger partial charge in [-0.1, -0.05) is 12.1 Å². The van der Waals surface area contributed by atoms with Crippen LogP contribution in [0.15, 0.2) is 42.5 Å². The summed E-state index contributed by atoms with van der Waals surface area (Å²) in [6, 6.07) is 11.1.